The molecule has 2 aromatic carbocycles. The fourth-order valence-corrected chi connectivity index (χ4v) is 2.81. The van der Waals surface area contributed by atoms with E-state index in [1.165, 1.54) is 24.3 Å². The average Bonchev–Trinajstić information content (AvgIpc) is 2.69. The van der Waals surface area contributed by atoms with Gasteiger partial charge >= 0.3 is 5.97 Å². The van der Waals surface area contributed by atoms with E-state index in [0.717, 1.165) is 5.56 Å². The Morgan fingerprint density at radius 3 is 2.17 bits per heavy atom. The van der Waals surface area contributed by atoms with E-state index in [1.54, 1.807) is 38.1 Å². The number of non-ortho nitro benzene ring substituents is 1. The van der Waals surface area contributed by atoms with Crippen LogP contribution in [0.4, 0.5) is 10.1 Å². The maximum Gasteiger partial charge on any atom is 0.328 e. The second kappa shape index (κ2) is 10.3. The average molecular weight is 402 g/mol. The fraction of sp³-hybridized carbons (Fsp3) is 0.333. The summed E-state index contributed by atoms with van der Waals surface area (Å²) in [6.45, 7) is 3.55. The molecule has 0 radical (unpaired) electrons. The maximum absolute atomic E-state index is 13.1. The van der Waals surface area contributed by atoms with Crippen LogP contribution in [0.15, 0.2) is 48.5 Å². The van der Waals surface area contributed by atoms with Crippen molar-refractivity contribution in [1.29, 1.82) is 0 Å². The molecule has 0 heterocycles. The highest BCUT2D eigenvalue weighted by molar-refractivity contribution is 5.86. The van der Waals surface area contributed by atoms with E-state index in [-0.39, 0.29) is 30.4 Å². The third-order valence-electron chi connectivity index (χ3n) is 4.38. The van der Waals surface area contributed by atoms with Crippen molar-refractivity contribution in [2.75, 3.05) is 6.61 Å². The van der Waals surface area contributed by atoms with Gasteiger partial charge in [-0.3, -0.25) is 14.9 Å². The molecule has 154 valence electrons. The van der Waals surface area contributed by atoms with Crippen molar-refractivity contribution in [3.63, 3.8) is 0 Å². The van der Waals surface area contributed by atoms with Gasteiger partial charge in [0, 0.05) is 24.5 Å². The molecule has 1 N–H and O–H groups in total. The number of hydrogen-bond acceptors (Lipinski definition) is 5. The molecule has 2 rings (SSSR count). The lowest BCUT2D eigenvalue weighted by atomic mass is 9.99. The number of ether oxygens (including phenoxy) is 1. The Morgan fingerprint density at radius 2 is 1.62 bits per heavy atom. The third-order valence-corrected chi connectivity index (χ3v) is 4.38. The molecule has 8 heteroatoms. The van der Waals surface area contributed by atoms with Gasteiger partial charge in [-0.2, -0.15) is 0 Å². The van der Waals surface area contributed by atoms with Crippen molar-refractivity contribution < 1.29 is 23.6 Å². The van der Waals surface area contributed by atoms with Crippen molar-refractivity contribution in [3.05, 3.63) is 75.6 Å². The first-order valence-electron chi connectivity index (χ1n) is 9.25. The molecule has 0 spiro atoms. The zero-order valence-electron chi connectivity index (χ0n) is 16.3. The number of carbonyl (C=O) groups excluding carboxylic acids is 2. The Kier molecular flexibility index (Phi) is 7.82. The summed E-state index contributed by atoms with van der Waals surface area (Å²) in [6, 6.07) is 10.8. The van der Waals surface area contributed by atoms with Crippen LogP contribution in [0.5, 0.6) is 0 Å². The number of esters is 1. The van der Waals surface area contributed by atoms with Gasteiger partial charge in [0.1, 0.15) is 11.9 Å². The van der Waals surface area contributed by atoms with Crippen LogP contribution >= 0.6 is 0 Å². The molecule has 29 heavy (non-hydrogen) atoms. The zero-order chi connectivity index (χ0) is 21.4. The van der Waals surface area contributed by atoms with Crippen molar-refractivity contribution in [1.82, 2.24) is 5.32 Å². The predicted octanol–water partition coefficient (Wildman–Crippen LogP) is 3.20. The molecule has 1 amide bonds. The Hall–Kier alpha value is -3.29. The minimum Gasteiger partial charge on any atom is -0.464 e. The van der Waals surface area contributed by atoms with Gasteiger partial charge in [-0.05, 0) is 36.6 Å². The van der Waals surface area contributed by atoms with Crippen molar-refractivity contribution >= 4 is 17.6 Å². The van der Waals surface area contributed by atoms with E-state index >= 15 is 0 Å². The molecule has 0 aliphatic heterocycles. The molecule has 0 bridgehead atoms. The lowest BCUT2D eigenvalue weighted by molar-refractivity contribution is -0.384. The number of benzene rings is 2. The van der Waals surface area contributed by atoms with Gasteiger partial charge in [0.15, 0.2) is 0 Å². The molecule has 2 aromatic rings. The third kappa shape index (κ3) is 6.67. The Bertz CT molecular complexity index is 852. The van der Waals surface area contributed by atoms with Crippen LogP contribution in [0.25, 0.3) is 0 Å². The monoisotopic (exact) mass is 402 g/mol. The highest BCUT2D eigenvalue weighted by atomic mass is 19.1. The highest BCUT2D eigenvalue weighted by Gasteiger charge is 2.25. The van der Waals surface area contributed by atoms with Crippen molar-refractivity contribution in [2.24, 2.45) is 5.92 Å². The summed E-state index contributed by atoms with van der Waals surface area (Å²) in [5, 5.41) is 13.4. The standard InChI is InChI=1S/C21H23FN2O5/c1-3-29-21(26)19(13-16-4-8-17(22)9-5-16)23-20(25)14(2)12-15-6-10-18(11-7-15)24(27)28/h4-11,14,19H,3,12-13H2,1-2H3,(H,23,25)/t14-,19-/m0/s1. The first-order valence-corrected chi connectivity index (χ1v) is 9.25. The van der Waals surface area contributed by atoms with E-state index in [4.69, 9.17) is 4.74 Å². The number of rotatable bonds is 9. The number of nitrogens with zero attached hydrogens (tertiary/aromatic N) is 1. The summed E-state index contributed by atoms with van der Waals surface area (Å²) >= 11 is 0. The van der Waals surface area contributed by atoms with E-state index in [9.17, 15) is 24.1 Å². The summed E-state index contributed by atoms with van der Waals surface area (Å²) in [6.07, 6.45) is 0.533. The molecular formula is C21H23FN2O5. The van der Waals surface area contributed by atoms with Crippen LogP contribution in [-0.4, -0.2) is 29.4 Å². The predicted molar refractivity (Wildman–Crippen MR) is 105 cm³/mol. The number of amides is 1. The summed E-state index contributed by atoms with van der Waals surface area (Å²) in [5.74, 6) is -1.76. The van der Waals surface area contributed by atoms with Crippen molar-refractivity contribution in [2.45, 2.75) is 32.7 Å². The Balaban J connectivity index is 2.03. The minimum absolute atomic E-state index is 0.0208. The largest absolute Gasteiger partial charge is 0.464 e. The molecule has 7 nitrogen and oxygen atoms in total. The Labute approximate surface area is 168 Å². The molecule has 0 saturated carbocycles. The molecule has 0 aliphatic rings. The number of nitro benzene ring substituents is 1. The summed E-state index contributed by atoms with van der Waals surface area (Å²) in [7, 11) is 0. The number of halogens is 1. The lowest BCUT2D eigenvalue weighted by Crippen LogP contribution is -2.45. The maximum atomic E-state index is 13.1. The quantitative estimate of drug-likeness (QED) is 0.395. The van der Waals surface area contributed by atoms with Crippen LogP contribution in [0.3, 0.4) is 0 Å². The minimum atomic E-state index is -0.896. The molecule has 0 fully saturated rings. The van der Waals surface area contributed by atoms with Crippen LogP contribution < -0.4 is 5.32 Å². The summed E-state index contributed by atoms with van der Waals surface area (Å²) < 4.78 is 18.1. The van der Waals surface area contributed by atoms with Crippen LogP contribution in [0.2, 0.25) is 0 Å². The lowest BCUT2D eigenvalue weighted by Gasteiger charge is -2.20. The first-order chi connectivity index (χ1) is 13.8. The molecule has 0 aromatic heterocycles. The van der Waals surface area contributed by atoms with Gasteiger partial charge in [-0.25, -0.2) is 9.18 Å². The normalized spacial score (nSPS) is 12.7. The van der Waals surface area contributed by atoms with Crippen molar-refractivity contribution in [3.8, 4) is 0 Å². The van der Waals surface area contributed by atoms with Gasteiger partial charge in [0.25, 0.3) is 5.69 Å². The SMILES string of the molecule is CCOC(=O)[C@H](Cc1ccc(F)cc1)NC(=O)[C@@H](C)Cc1ccc([N+](=O)[O-])cc1. The molecule has 0 unspecified atom stereocenters. The van der Waals surface area contributed by atoms with Crippen LogP contribution in [0, 0.1) is 21.8 Å². The second-order valence-electron chi connectivity index (χ2n) is 6.67. The van der Waals surface area contributed by atoms with E-state index in [0.29, 0.717) is 12.0 Å². The van der Waals surface area contributed by atoms with Gasteiger partial charge in [0.2, 0.25) is 5.91 Å². The fourth-order valence-electron chi connectivity index (χ4n) is 2.81. The second-order valence-corrected chi connectivity index (χ2v) is 6.67. The number of nitrogens with one attached hydrogen (secondary N) is 1. The molecular weight excluding hydrogens is 379 g/mol. The van der Waals surface area contributed by atoms with E-state index in [1.807, 2.05) is 0 Å². The highest BCUT2D eigenvalue weighted by Crippen LogP contribution is 2.15. The van der Waals surface area contributed by atoms with E-state index < -0.39 is 22.9 Å². The summed E-state index contributed by atoms with van der Waals surface area (Å²) in [5.41, 5.74) is 1.43. The Morgan fingerprint density at radius 1 is 1.07 bits per heavy atom. The van der Waals surface area contributed by atoms with Gasteiger partial charge < -0.3 is 10.1 Å². The topological polar surface area (TPSA) is 98.5 Å². The van der Waals surface area contributed by atoms with Gasteiger partial charge in [-0.15, -0.1) is 0 Å². The van der Waals surface area contributed by atoms with Crippen LogP contribution in [-0.2, 0) is 27.2 Å². The number of nitro groups is 1. The van der Waals surface area contributed by atoms with Gasteiger partial charge in [0.05, 0.1) is 11.5 Å². The smallest absolute Gasteiger partial charge is 0.328 e. The number of carbonyl (C=O) groups is 2. The number of hydrogen-bond donors (Lipinski definition) is 1. The first kappa shape index (κ1) is 22.0. The van der Waals surface area contributed by atoms with E-state index in [2.05, 4.69) is 5.32 Å². The molecule has 2 atom stereocenters. The molecule has 0 saturated heterocycles. The van der Waals surface area contributed by atoms with Gasteiger partial charge in [-0.1, -0.05) is 31.2 Å². The molecule has 0 aliphatic carbocycles. The zero-order valence-corrected chi connectivity index (χ0v) is 16.3. The van der Waals surface area contributed by atoms with Crippen LogP contribution in [0.1, 0.15) is 25.0 Å². The summed E-state index contributed by atoms with van der Waals surface area (Å²) in [4.78, 5) is 35.1.